The maximum atomic E-state index is 13.3. The predicted octanol–water partition coefficient (Wildman–Crippen LogP) is 5.11. The lowest BCUT2D eigenvalue weighted by molar-refractivity contribution is -0.188. The molecule has 6 nitrogen and oxygen atoms in total. The second kappa shape index (κ2) is 8.17. The quantitative estimate of drug-likeness (QED) is 0.443. The molecule has 1 aromatic rings. The van der Waals surface area contributed by atoms with E-state index in [4.69, 9.17) is 18.9 Å². The number of hydrogen-bond donors (Lipinski definition) is 0. The topological polar surface area (TPSA) is 71.1 Å². The van der Waals surface area contributed by atoms with E-state index in [1.54, 1.807) is 31.4 Å². The van der Waals surface area contributed by atoms with E-state index >= 15 is 0 Å². The van der Waals surface area contributed by atoms with Crippen LogP contribution in [0.5, 0.6) is 5.75 Å². The molecule has 4 aliphatic carbocycles. The standard InChI is InChI=1S/C29H36O6/c1-27-12-13-29(33-14-15-34-29)17-19(27)16-23(35-26(31)18-4-6-20(32-3)7-5-18)25-21-8-9-24(30)28(21,2)11-10-22(25)27/h4-7,16,21-23,25H,8-15,17H2,1-3H3/t21-,22-,23-,25-,27-,28-/m0/s1. The van der Waals surface area contributed by atoms with Crippen molar-refractivity contribution in [1.82, 2.24) is 0 Å². The van der Waals surface area contributed by atoms with Crippen molar-refractivity contribution in [2.24, 2.45) is 28.6 Å². The molecule has 6 heteroatoms. The van der Waals surface area contributed by atoms with Crippen molar-refractivity contribution in [1.29, 1.82) is 0 Å². The van der Waals surface area contributed by atoms with Gasteiger partial charge < -0.3 is 18.9 Å². The van der Waals surface area contributed by atoms with Gasteiger partial charge in [-0.2, -0.15) is 0 Å². The minimum Gasteiger partial charge on any atom is -0.497 e. The van der Waals surface area contributed by atoms with E-state index in [1.165, 1.54) is 5.57 Å². The van der Waals surface area contributed by atoms with Gasteiger partial charge in [0.05, 0.1) is 25.9 Å². The number of ketones is 1. The number of carbonyl (C=O) groups excluding carboxylic acids is 2. The molecule has 0 N–H and O–H groups in total. The summed E-state index contributed by atoms with van der Waals surface area (Å²) in [7, 11) is 1.61. The molecule has 0 unspecified atom stereocenters. The van der Waals surface area contributed by atoms with Crippen molar-refractivity contribution in [3.63, 3.8) is 0 Å². The SMILES string of the molecule is COc1ccc(C(=O)O[C@H]2C=C3CC4(CC[C@]3(C)[C@H]3CC[C@]5(C)C(=O)CC[C@H]5[C@H]23)OCCO4)cc1. The van der Waals surface area contributed by atoms with Gasteiger partial charge in [0.2, 0.25) is 0 Å². The van der Waals surface area contributed by atoms with Crippen LogP contribution in [0.2, 0.25) is 0 Å². The van der Waals surface area contributed by atoms with Crippen molar-refractivity contribution in [2.75, 3.05) is 20.3 Å². The molecule has 5 aliphatic rings. The zero-order valence-corrected chi connectivity index (χ0v) is 21.0. The van der Waals surface area contributed by atoms with Crippen molar-refractivity contribution in [2.45, 2.75) is 70.7 Å². The maximum Gasteiger partial charge on any atom is 0.338 e. The molecule has 3 saturated carbocycles. The summed E-state index contributed by atoms with van der Waals surface area (Å²) in [6.07, 6.45) is 7.92. The minimum absolute atomic E-state index is 0.0151. The Kier molecular flexibility index (Phi) is 5.42. The number of rotatable bonds is 3. The molecule has 1 saturated heterocycles. The second-order valence-electron chi connectivity index (χ2n) is 11.7. The number of hydrogen-bond acceptors (Lipinski definition) is 6. The van der Waals surface area contributed by atoms with E-state index in [2.05, 4.69) is 19.9 Å². The first-order valence-electron chi connectivity index (χ1n) is 13.2. The van der Waals surface area contributed by atoms with Crippen LogP contribution in [0.15, 0.2) is 35.9 Å². The lowest BCUT2D eigenvalue weighted by Crippen LogP contribution is -2.56. The van der Waals surface area contributed by atoms with Crippen LogP contribution < -0.4 is 4.74 Å². The average molecular weight is 481 g/mol. The van der Waals surface area contributed by atoms with Crippen molar-refractivity contribution in [3.8, 4) is 5.75 Å². The Morgan fingerprint density at radius 1 is 0.971 bits per heavy atom. The number of esters is 1. The fraction of sp³-hybridized carbons (Fsp3) is 0.655. The van der Waals surface area contributed by atoms with Gasteiger partial charge in [-0.3, -0.25) is 4.79 Å². The number of carbonyl (C=O) groups is 2. The molecule has 188 valence electrons. The molecular weight excluding hydrogens is 444 g/mol. The van der Waals surface area contributed by atoms with Gasteiger partial charge in [-0.05, 0) is 73.3 Å². The van der Waals surface area contributed by atoms with E-state index in [9.17, 15) is 9.59 Å². The number of Topliss-reactive ketones (excluding diaryl/α,β-unsaturated/α-hetero) is 1. The summed E-state index contributed by atoms with van der Waals surface area (Å²) in [5.41, 5.74) is 1.52. The number of benzene rings is 1. The van der Waals surface area contributed by atoms with Crippen LogP contribution in [0.25, 0.3) is 0 Å². The van der Waals surface area contributed by atoms with Gasteiger partial charge in [-0.1, -0.05) is 19.4 Å². The molecule has 0 bridgehead atoms. The van der Waals surface area contributed by atoms with Crippen LogP contribution in [0.3, 0.4) is 0 Å². The fourth-order valence-electron chi connectivity index (χ4n) is 8.12. The molecule has 6 rings (SSSR count). The highest BCUT2D eigenvalue weighted by Crippen LogP contribution is 2.65. The smallest absolute Gasteiger partial charge is 0.338 e. The Labute approximate surface area is 207 Å². The third-order valence-electron chi connectivity index (χ3n) is 10.2. The summed E-state index contributed by atoms with van der Waals surface area (Å²) < 4.78 is 23.7. The van der Waals surface area contributed by atoms with E-state index in [0.29, 0.717) is 42.6 Å². The lowest BCUT2D eigenvalue weighted by atomic mass is 9.47. The Hall–Kier alpha value is -2.18. The zero-order valence-electron chi connectivity index (χ0n) is 21.0. The predicted molar refractivity (Wildman–Crippen MR) is 129 cm³/mol. The molecule has 1 spiro atoms. The van der Waals surface area contributed by atoms with E-state index in [1.807, 2.05) is 0 Å². The molecule has 4 fully saturated rings. The molecule has 0 radical (unpaired) electrons. The van der Waals surface area contributed by atoms with Gasteiger partial charge in [0.25, 0.3) is 0 Å². The number of methoxy groups -OCH3 is 1. The van der Waals surface area contributed by atoms with Gasteiger partial charge in [0, 0.05) is 30.6 Å². The van der Waals surface area contributed by atoms with Crippen LogP contribution in [0.4, 0.5) is 0 Å². The van der Waals surface area contributed by atoms with Crippen LogP contribution in [-0.2, 0) is 19.0 Å². The van der Waals surface area contributed by atoms with Crippen LogP contribution in [0, 0.1) is 28.6 Å². The largest absolute Gasteiger partial charge is 0.497 e. The Morgan fingerprint density at radius 3 is 2.40 bits per heavy atom. The van der Waals surface area contributed by atoms with E-state index < -0.39 is 5.79 Å². The van der Waals surface area contributed by atoms with Gasteiger partial charge in [0.15, 0.2) is 5.79 Å². The lowest BCUT2D eigenvalue weighted by Gasteiger charge is -2.59. The highest BCUT2D eigenvalue weighted by molar-refractivity contribution is 5.90. The van der Waals surface area contributed by atoms with Crippen LogP contribution >= 0.6 is 0 Å². The van der Waals surface area contributed by atoms with Crippen molar-refractivity contribution in [3.05, 3.63) is 41.5 Å². The molecule has 6 atom stereocenters. The third kappa shape index (κ3) is 3.51. The fourth-order valence-corrected chi connectivity index (χ4v) is 8.12. The van der Waals surface area contributed by atoms with Gasteiger partial charge in [0.1, 0.15) is 17.6 Å². The minimum atomic E-state index is -0.533. The van der Waals surface area contributed by atoms with Crippen molar-refractivity contribution < 1.29 is 28.5 Å². The Balaban J connectivity index is 1.37. The molecule has 0 aromatic heterocycles. The summed E-state index contributed by atoms with van der Waals surface area (Å²) in [6.45, 7) is 5.81. The van der Waals surface area contributed by atoms with Crippen LogP contribution in [-0.4, -0.2) is 44.0 Å². The van der Waals surface area contributed by atoms with Gasteiger partial charge >= 0.3 is 5.97 Å². The number of fused-ring (bicyclic) bond motifs is 5. The van der Waals surface area contributed by atoms with Crippen LogP contribution in [0.1, 0.15) is 69.2 Å². The second-order valence-corrected chi connectivity index (χ2v) is 11.7. The van der Waals surface area contributed by atoms with Gasteiger partial charge in [-0.15, -0.1) is 0 Å². The average Bonchev–Trinajstić information content (AvgIpc) is 3.44. The Morgan fingerprint density at radius 2 is 1.69 bits per heavy atom. The van der Waals surface area contributed by atoms with E-state index in [0.717, 1.165) is 38.5 Å². The Bertz CT molecular complexity index is 1050. The van der Waals surface area contributed by atoms with Gasteiger partial charge in [-0.25, -0.2) is 4.79 Å². The number of ether oxygens (including phenoxy) is 4. The summed E-state index contributed by atoms with van der Waals surface area (Å²) in [5, 5.41) is 0. The summed E-state index contributed by atoms with van der Waals surface area (Å²) in [6, 6.07) is 7.06. The first-order chi connectivity index (χ1) is 16.8. The molecule has 0 amide bonds. The zero-order chi connectivity index (χ0) is 24.4. The third-order valence-corrected chi connectivity index (χ3v) is 10.2. The molecular formula is C29H36O6. The summed E-state index contributed by atoms with van der Waals surface area (Å²) in [5.74, 6) is 0.994. The van der Waals surface area contributed by atoms with Crippen molar-refractivity contribution >= 4 is 11.8 Å². The van der Waals surface area contributed by atoms with E-state index in [-0.39, 0.29) is 34.7 Å². The maximum absolute atomic E-state index is 13.3. The molecule has 1 aromatic carbocycles. The first-order valence-corrected chi connectivity index (χ1v) is 13.2. The molecule has 1 aliphatic heterocycles. The normalized spacial score (nSPS) is 39.4. The summed E-state index contributed by atoms with van der Waals surface area (Å²) in [4.78, 5) is 26.3. The highest BCUT2D eigenvalue weighted by Gasteiger charge is 2.63. The highest BCUT2D eigenvalue weighted by atomic mass is 16.7. The first kappa shape index (κ1) is 23.2. The molecule has 35 heavy (non-hydrogen) atoms. The summed E-state index contributed by atoms with van der Waals surface area (Å²) >= 11 is 0. The monoisotopic (exact) mass is 480 g/mol. The molecule has 1 heterocycles.